The van der Waals surface area contributed by atoms with Crippen LogP contribution >= 0.6 is 0 Å². The number of aliphatic hydroxyl groups is 1. The second-order valence-corrected chi connectivity index (χ2v) is 4.19. The van der Waals surface area contributed by atoms with Gasteiger partial charge < -0.3 is 24.4 Å². The van der Waals surface area contributed by atoms with Crippen molar-refractivity contribution >= 4 is 0 Å². The van der Waals surface area contributed by atoms with Gasteiger partial charge in [0.25, 0.3) is 0 Å². The van der Waals surface area contributed by atoms with Gasteiger partial charge in [-0.05, 0) is 20.6 Å². The summed E-state index contributed by atoms with van der Waals surface area (Å²) in [5.41, 5.74) is 0. The van der Waals surface area contributed by atoms with Crippen LogP contribution in [0.2, 0.25) is 0 Å². The lowest BCUT2D eigenvalue weighted by atomic mass is 10.4. The Kier molecular flexibility index (Phi) is 12.1. The van der Waals surface area contributed by atoms with Crippen molar-refractivity contribution in [1.29, 1.82) is 0 Å². The van der Waals surface area contributed by atoms with E-state index in [-0.39, 0.29) is 6.61 Å². The van der Waals surface area contributed by atoms with Gasteiger partial charge in [-0.15, -0.1) is 0 Å². The molecule has 0 bridgehead atoms. The van der Waals surface area contributed by atoms with Crippen molar-refractivity contribution in [3.63, 3.8) is 0 Å². The molecule has 0 aromatic heterocycles. The first-order chi connectivity index (χ1) is 8.20. The first-order valence-corrected chi connectivity index (χ1v) is 6.34. The lowest BCUT2D eigenvalue weighted by Crippen LogP contribution is -2.34. The highest BCUT2D eigenvalue weighted by Crippen LogP contribution is 1.89. The number of likely N-dealkylation sites (N-methyl/N-ethyl adjacent to an activating group) is 2. The minimum absolute atomic E-state index is 0.0775. The molecule has 0 aliphatic rings. The van der Waals surface area contributed by atoms with E-state index in [0.29, 0.717) is 19.8 Å². The zero-order valence-electron chi connectivity index (χ0n) is 11.5. The van der Waals surface area contributed by atoms with Crippen molar-refractivity contribution in [2.24, 2.45) is 0 Å². The van der Waals surface area contributed by atoms with Gasteiger partial charge in [-0.2, -0.15) is 0 Å². The average Bonchev–Trinajstić information content (AvgIpc) is 2.31. The fourth-order valence-electron chi connectivity index (χ4n) is 1.35. The maximum absolute atomic E-state index is 8.50. The van der Waals surface area contributed by atoms with Crippen LogP contribution in [0.25, 0.3) is 0 Å². The molecule has 0 atom stereocenters. The van der Waals surface area contributed by atoms with Crippen LogP contribution in [0.1, 0.15) is 6.92 Å². The van der Waals surface area contributed by atoms with Gasteiger partial charge >= 0.3 is 0 Å². The second kappa shape index (κ2) is 12.3. The van der Waals surface area contributed by atoms with Crippen molar-refractivity contribution in [2.75, 3.05) is 73.3 Å². The topological polar surface area (TPSA) is 45.2 Å². The lowest BCUT2D eigenvalue weighted by molar-refractivity contribution is 0.0265. The molecule has 0 unspecified atom stereocenters. The minimum Gasteiger partial charge on any atom is -0.394 e. The van der Waals surface area contributed by atoms with E-state index in [1.54, 1.807) is 0 Å². The number of nitrogens with zero attached hydrogens (tertiary/aromatic N) is 2. The van der Waals surface area contributed by atoms with Crippen LogP contribution in [-0.4, -0.2) is 88.2 Å². The van der Waals surface area contributed by atoms with E-state index in [1.807, 2.05) is 0 Å². The third kappa shape index (κ3) is 12.1. The van der Waals surface area contributed by atoms with E-state index in [2.05, 4.69) is 30.8 Å². The molecule has 0 saturated carbocycles. The van der Waals surface area contributed by atoms with Crippen LogP contribution < -0.4 is 0 Å². The minimum atomic E-state index is 0.0775. The van der Waals surface area contributed by atoms with Gasteiger partial charge in [0.1, 0.15) is 0 Å². The number of ether oxygens (including phenoxy) is 2. The van der Waals surface area contributed by atoms with Crippen molar-refractivity contribution < 1.29 is 14.6 Å². The maximum atomic E-state index is 8.50. The van der Waals surface area contributed by atoms with Crippen LogP contribution in [0, 0.1) is 0 Å². The van der Waals surface area contributed by atoms with Crippen LogP contribution in [0.5, 0.6) is 0 Å². The molecule has 0 rings (SSSR count). The van der Waals surface area contributed by atoms with Gasteiger partial charge in [0.15, 0.2) is 0 Å². The molecular formula is C12H28N2O3. The standard InChI is InChI=1S/C12H28N2O3/c1-4-14(6-5-13(2)3)7-9-16-11-12-17-10-8-15/h15H,4-12H2,1-3H3. The number of hydrogen-bond acceptors (Lipinski definition) is 5. The van der Waals surface area contributed by atoms with E-state index in [4.69, 9.17) is 14.6 Å². The molecule has 5 nitrogen and oxygen atoms in total. The maximum Gasteiger partial charge on any atom is 0.0701 e. The summed E-state index contributed by atoms with van der Waals surface area (Å²) in [6.07, 6.45) is 0. The molecule has 0 aromatic rings. The molecule has 0 heterocycles. The van der Waals surface area contributed by atoms with Gasteiger partial charge in [-0.1, -0.05) is 6.92 Å². The molecule has 5 heteroatoms. The third-order valence-electron chi connectivity index (χ3n) is 2.47. The van der Waals surface area contributed by atoms with Crippen LogP contribution in [-0.2, 0) is 9.47 Å². The molecule has 0 aliphatic carbocycles. The highest BCUT2D eigenvalue weighted by Gasteiger charge is 2.02. The lowest BCUT2D eigenvalue weighted by Gasteiger charge is -2.22. The summed E-state index contributed by atoms with van der Waals surface area (Å²) in [6, 6.07) is 0. The molecule has 0 amide bonds. The molecule has 1 N–H and O–H groups in total. The Labute approximate surface area is 105 Å². The van der Waals surface area contributed by atoms with Gasteiger partial charge in [-0.25, -0.2) is 0 Å². The van der Waals surface area contributed by atoms with E-state index in [1.165, 1.54) is 0 Å². The highest BCUT2D eigenvalue weighted by atomic mass is 16.5. The molecule has 0 aliphatic heterocycles. The third-order valence-corrected chi connectivity index (χ3v) is 2.47. The summed E-state index contributed by atoms with van der Waals surface area (Å²) >= 11 is 0. The first kappa shape index (κ1) is 16.8. The summed E-state index contributed by atoms with van der Waals surface area (Å²) < 4.78 is 10.6. The fourth-order valence-corrected chi connectivity index (χ4v) is 1.35. The molecule has 0 spiro atoms. The largest absolute Gasteiger partial charge is 0.394 e. The molecule has 0 fully saturated rings. The predicted octanol–water partition coefficient (Wildman–Crippen LogP) is -0.105. The molecule has 0 aromatic carbocycles. The quantitative estimate of drug-likeness (QED) is 0.489. The van der Waals surface area contributed by atoms with E-state index in [9.17, 15) is 0 Å². The van der Waals surface area contributed by atoms with Crippen molar-refractivity contribution in [3.8, 4) is 0 Å². The smallest absolute Gasteiger partial charge is 0.0701 e. The van der Waals surface area contributed by atoms with E-state index < -0.39 is 0 Å². The van der Waals surface area contributed by atoms with Gasteiger partial charge in [-0.3, -0.25) is 0 Å². The summed E-state index contributed by atoms with van der Waals surface area (Å²) in [5.74, 6) is 0. The second-order valence-electron chi connectivity index (χ2n) is 4.19. The fraction of sp³-hybridized carbons (Fsp3) is 1.00. The van der Waals surface area contributed by atoms with Gasteiger partial charge in [0.05, 0.1) is 33.0 Å². The van der Waals surface area contributed by atoms with E-state index >= 15 is 0 Å². The number of aliphatic hydroxyl groups excluding tert-OH is 1. The van der Waals surface area contributed by atoms with E-state index in [0.717, 1.165) is 32.8 Å². The van der Waals surface area contributed by atoms with Crippen LogP contribution in [0.15, 0.2) is 0 Å². The van der Waals surface area contributed by atoms with Crippen molar-refractivity contribution in [3.05, 3.63) is 0 Å². The Hall–Kier alpha value is -0.200. The van der Waals surface area contributed by atoms with Crippen molar-refractivity contribution in [1.82, 2.24) is 9.80 Å². The predicted molar refractivity (Wildman–Crippen MR) is 69.4 cm³/mol. The zero-order chi connectivity index (χ0) is 12.9. The SMILES string of the molecule is CCN(CCOCCOCCO)CCN(C)C. The monoisotopic (exact) mass is 248 g/mol. The molecule has 0 radical (unpaired) electrons. The number of hydrogen-bond donors (Lipinski definition) is 1. The summed E-state index contributed by atoms with van der Waals surface area (Å²) in [7, 11) is 4.17. The Balaban J connectivity index is 3.31. The van der Waals surface area contributed by atoms with Gasteiger partial charge in [0.2, 0.25) is 0 Å². The summed E-state index contributed by atoms with van der Waals surface area (Å²) in [4.78, 5) is 4.56. The summed E-state index contributed by atoms with van der Waals surface area (Å²) in [6.45, 7) is 8.71. The zero-order valence-corrected chi connectivity index (χ0v) is 11.5. The first-order valence-electron chi connectivity index (χ1n) is 6.34. The molecule has 17 heavy (non-hydrogen) atoms. The normalized spacial score (nSPS) is 11.6. The Morgan fingerprint density at radius 3 is 2.06 bits per heavy atom. The van der Waals surface area contributed by atoms with Gasteiger partial charge in [0, 0.05) is 19.6 Å². The average molecular weight is 248 g/mol. The van der Waals surface area contributed by atoms with Crippen LogP contribution in [0.4, 0.5) is 0 Å². The highest BCUT2D eigenvalue weighted by molar-refractivity contribution is 4.56. The Morgan fingerprint density at radius 2 is 1.53 bits per heavy atom. The molecular weight excluding hydrogens is 220 g/mol. The Bertz CT molecular complexity index is 157. The summed E-state index contributed by atoms with van der Waals surface area (Å²) in [5, 5.41) is 8.50. The Morgan fingerprint density at radius 1 is 0.882 bits per heavy atom. The molecule has 0 saturated heterocycles. The van der Waals surface area contributed by atoms with Crippen LogP contribution in [0.3, 0.4) is 0 Å². The molecule has 104 valence electrons. The van der Waals surface area contributed by atoms with Crippen molar-refractivity contribution in [2.45, 2.75) is 6.92 Å². The number of rotatable bonds is 12.